The summed E-state index contributed by atoms with van der Waals surface area (Å²) in [6, 6.07) is 0. The molecule has 0 bridgehead atoms. The summed E-state index contributed by atoms with van der Waals surface area (Å²) in [5.41, 5.74) is 0. The van der Waals surface area contributed by atoms with Crippen LogP contribution >= 0.6 is 0 Å². The number of rotatable bonds is 2. The van der Waals surface area contributed by atoms with Crippen molar-refractivity contribution in [1.82, 2.24) is 0 Å². The van der Waals surface area contributed by atoms with Gasteiger partial charge in [0.2, 0.25) is 0 Å². The Morgan fingerprint density at radius 3 is 2.90 bits per heavy atom. The van der Waals surface area contributed by atoms with Crippen molar-refractivity contribution in [3.8, 4) is 0 Å². The van der Waals surface area contributed by atoms with Crippen molar-refractivity contribution in [3.05, 3.63) is 0 Å². The minimum atomic E-state index is -0.175. The molecule has 0 unspecified atom stereocenters. The fraction of sp³-hybridized carbons (Fsp3) is 0.714. The zero-order valence-electron chi connectivity index (χ0n) is 5.92. The van der Waals surface area contributed by atoms with Gasteiger partial charge in [-0.15, -0.1) is 0 Å². The Morgan fingerprint density at radius 1 is 1.80 bits per heavy atom. The molecule has 1 aliphatic heterocycles. The van der Waals surface area contributed by atoms with E-state index in [-0.39, 0.29) is 17.7 Å². The van der Waals surface area contributed by atoms with E-state index < -0.39 is 0 Å². The minimum Gasteiger partial charge on any atom is -0.465 e. The largest absolute Gasteiger partial charge is 0.465 e. The highest BCUT2D eigenvalue weighted by atomic mass is 16.5. The highest BCUT2D eigenvalue weighted by Crippen LogP contribution is 2.17. The number of ether oxygens (including phenoxy) is 1. The molecule has 0 radical (unpaired) electrons. The van der Waals surface area contributed by atoms with E-state index in [4.69, 9.17) is 0 Å². The van der Waals surface area contributed by atoms with E-state index in [0.29, 0.717) is 19.4 Å². The van der Waals surface area contributed by atoms with Crippen LogP contribution in [0, 0.1) is 5.92 Å². The van der Waals surface area contributed by atoms with E-state index in [1.165, 1.54) is 6.92 Å². The number of Topliss-reactive ketones (excluding diaryl/α,β-unsaturated/α-hetero) is 1. The van der Waals surface area contributed by atoms with Crippen LogP contribution in [0.4, 0.5) is 0 Å². The average Bonchev–Trinajstić information content (AvgIpc) is 2.13. The number of ketones is 1. The van der Waals surface area contributed by atoms with Crippen LogP contribution in [0.2, 0.25) is 0 Å². The molecule has 0 amide bonds. The Hall–Kier alpha value is -0.860. The standard InChI is InChI=1S/C7H10O3/c1-5(8)2-6-3-7(9)10-4-6/h6H,2-4H2,1H3/t6-/m0/s1. The van der Waals surface area contributed by atoms with Gasteiger partial charge in [-0.3, -0.25) is 4.79 Å². The summed E-state index contributed by atoms with van der Waals surface area (Å²) in [5, 5.41) is 0. The Labute approximate surface area is 59.4 Å². The lowest BCUT2D eigenvalue weighted by Gasteiger charge is -1.99. The van der Waals surface area contributed by atoms with E-state index in [1.807, 2.05) is 0 Å². The van der Waals surface area contributed by atoms with Gasteiger partial charge in [0.05, 0.1) is 13.0 Å². The lowest BCUT2D eigenvalue weighted by molar-refractivity contribution is -0.138. The molecule has 10 heavy (non-hydrogen) atoms. The first-order valence-corrected chi connectivity index (χ1v) is 3.33. The summed E-state index contributed by atoms with van der Waals surface area (Å²) >= 11 is 0. The Morgan fingerprint density at radius 2 is 2.50 bits per heavy atom. The van der Waals surface area contributed by atoms with Gasteiger partial charge < -0.3 is 9.53 Å². The van der Waals surface area contributed by atoms with E-state index in [0.717, 1.165) is 0 Å². The van der Waals surface area contributed by atoms with E-state index >= 15 is 0 Å². The molecule has 0 aliphatic carbocycles. The topological polar surface area (TPSA) is 43.4 Å². The average molecular weight is 142 g/mol. The van der Waals surface area contributed by atoms with Crippen molar-refractivity contribution in [2.75, 3.05) is 6.61 Å². The molecule has 1 heterocycles. The highest BCUT2D eigenvalue weighted by Gasteiger charge is 2.24. The summed E-state index contributed by atoms with van der Waals surface area (Å²) in [4.78, 5) is 21.0. The van der Waals surface area contributed by atoms with Crippen molar-refractivity contribution in [2.45, 2.75) is 19.8 Å². The fourth-order valence-electron chi connectivity index (χ4n) is 1.10. The van der Waals surface area contributed by atoms with Crippen LogP contribution in [0.5, 0.6) is 0 Å². The second-order valence-corrected chi connectivity index (χ2v) is 2.66. The van der Waals surface area contributed by atoms with Crippen LogP contribution in [0.1, 0.15) is 19.8 Å². The lowest BCUT2D eigenvalue weighted by Crippen LogP contribution is -2.04. The molecule has 1 saturated heterocycles. The zero-order valence-corrected chi connectivity index (χ0v) is 5.92. The molecule has 56 valence electrons. The first-order valence-electron chi connectivity index (χ1n) is 3.33. The second kappa shape index (κ2) is 2.82. The third-order valence-corrected chi connectivity index (χ3v) is 1.51. The molecule has 1 fully saturated rings. The number of carbonyl (C=O) groups excluding carboxylic acids is 2. The van der Waals surface area contributed by atoms with Crippen LogP contribution in [-0.2, 0) is 14.3 Å². The molecule has 0 saturated carbocycles. The van der Waals surface area contributed by atoms with Gasteiger partial charge in [0, 0.05) is 12.3 Å². The minimum absolute atomic E-state index is 0.128. The monoisotopic (exact) mass is 142 g/mol. The molecule has 1 aliphatic rings. The van der Waals surface area contributed by atoms with Gasteiger partial charge in [0.15, 0.2) is 0 Å². The van der Waals surface area contributed by atoms with Crippen LogP contribution in [0.3, 0.4) is 0 Å². The van der Waals surface area contributed by atoms with E-state index in [1.54, 1.807) is 0 Å². The Balaban J connectivity index is 2.31. The van der Waals surface area contributed by atoms with Crippen LogP contribution in [-0.4, -0.2) is 18.4 Å². The molecule has 3 heteroatoms. The van der Waals surface area contributed by atoms with E-state index in [2.05, 4.69) is 4.74 Å². The van der Waals surface area contributed by atoms with Crippen molar-refractivity contribution < 1.29 is 14.3 Å². The van der Waals surface area contributed by atoms with Crippen LogP contribution < -0.4 is 0 Å². The number of carbonyl (C=O) groups is 2. The van der Waals surface area contributed by atoms with Crippen molar-refractivity contribution in [3.63, 3.8) is 0 Å². The lowest BCUT2D eigenvalue weighted by atomic mass is 10.0. The van der Waals surface area contributed by atoms with Gasteiger partial charge in [0.1, 0.15) is 5.78 Å². The molecule has 0 aromatic rings. The highest BCUT2D eigenvalue weighted by molar-refractivity contribution is 5.78. The summed E-state index contributed by atoms with van der Waals surface area (Å²) in [5.74, 6) is 0.0968. The van der Waals surface area contributed by atoms with Gasteiger partial charge in [-0.05, 0) is 6.92 Å². The SMILES string of the molecule is CC(=O)C[C@@H]1COC(=O)C1. The predicted molar refractivity (Wildman–Crippen MR) is 34.4 cm³/mol. The number of cyclic esters (lactones) is 1. The molecule has 3 nitrogen and oxygen atoms in total. The Bertz CT molecular complexity index is 162. The van der Waals surface area contributed by atoms with Gasteiger partial charge in [0.25, 0.3) is 0 Å². The van der Waals surface area contributed by atoms with Crippen LogP contribution in [0.15, 0.2) is 0 Å². The quantitative estimate of drug-likeness (QED) is 0.528. The first kappa shape index (κ1) is 7.25. The van der Waals surface area contributed by atoms with Gasteiger partial charge in [-0.2, -0.15) is 0 Å². The molecule has 1 rings (SSSR count). The second-order valence-electron chi connectivity index (χ2n) is 2.66. The molecule has 1 atom stereocenters. The van der Waals surface area contributed by atoms with Crippen molar-refractivity contribution in [2.24, 2.45) is 5.92 Å². The third-order valence-electron chi connectivity index (χ3n) is 1.51. The van der Waals surface area contributed by atoms with Crippen molar-refractivity contribution >= 4 is 11.8 Å². The molecule has 0 N–H and O–H groups in total. The first-order chi connectivity index (χ1) is 4.68. The van der Waals surface area contributed by atoms with Crippen LogP contribution in [0.25, 0.3) is 0 Å². The maximum atomic E-state index is 10.5. The predicted octanol–water partition coefficient (Wildman–Crippen LogP) is 0.529. The normalized spacial score (nSPS) is 24.5. The van der Waals surface area contributed by atoms with Crippen molar-refractivity contribution in [1.29, 1.82) is 0 Å². The maximum absolute atomic E-state index is 10.5. The number of hydrogen-bond acceptors (Lipinski definition) is 3. The van der Waals surface area contributed by atoms with Gasteiger partial charge in [-0.25, -0.2) is 0 Å². The molecular weight excluding hydrogens is 132 g/mol. The van der Waals surface area contributed by atoms with Gasteiger partial charge in [-0.1, -0.05) is 0 Å². The number of hydrogen-bond donors (Lipinski definition) is 0. The summed E-state index contributed by atoms with van der Waals surface area (Å²) in [6.45, 7) is 1.96. The maximum Gasteiger partial charge on any atom is 0.306 e. The fourth-order valence-corrected chi connectivity index (χ4v) is 1.10. The van der Waals surface area contributed by atoms with Gasteiger partial charge >= 0.3 is 5.97 Å². The summed E-state index contributed by atoms with van der Waals surface area (Å²) in [7, 11) is 0. The molecule has 0 spiro atoms. The third kappa shape index (κ3) is 1.83. The Kier molecular flexibility index (Phi) is 2.04. The molecule has 0 aromatic carbocycles. The summed E-state index contributed by atoms with van der Waals surface area (Å²) < 4.78 is 4.68. The molecule has 0 aromatic heterocycles. The molecular formula is C7H10O3. The van der Waals surface area contributed by atoms with E-state index in [9.17, 15) is 9.59 Å². The zero-order chi connectivity index (χ0) is 7.56. The smallest absolute Gasteiger partial charge is 0.306 e. The number of esters is 1. The summed E-state index contributed by atoms with van der Waals surface area (Å²) in [6.07, 6.45) is 0.894.